The average Bonchev–Trinajstić information content (AvgIpc) is 2.28. The third kappa shape index (κ3) is 2.09. The van der Waals surface area contributed by atoms with Gasteiger partial charge in [-0.3, -0.25) is 0 Å². The smallest absolute Gasteiger partial charge is 0.128 e. The Kier molecular flexibility index (Phi) is 3.25. The zero-order valence-electron chi connectivity index (χ0n) is 9.27. The quantitative estimate of drug-likeness (QED) is 0.815. The van der Waals surface area contributed by atoms with Crippen LogP contribution in [0.4, 0.5) is 0 Å². The minimum atomic E-state index is 0.0939. The van der Waals surface area contributed by atoms with Gasteiger partial charge in [-0.1, -0.05) is 43.8 Å². The lowest BCUT2D eigenvalue weighted by Crippen LogP contribution is -2.23. The van der Waals surface area contributed by atoms with Crippen molar-refractivity contribution in [2.24, 2.45) is 5.73 Å². The van der Waals surface area contributed by atoms with E-state index in [0.717, 1.165) is 29.7 Å². The van der Waals surface area contributed by atoms with Crippen molar-refractivity contribution in [1.29, 1.82) is 0 Å². The molecule has 0 saturated carbocycles. The molecule has 0 amide bonds. The Morgan fingerprint density at radius 1 is 1.44 bits per heavy atom. The number of rotatable bonds is 3. The van der Waals surface area contributed by atoms with Gasteiger partial charge in [-0.2, -0.15) is 0 Å². The van der Waals surface area contributed by atoms with Gasteiger partial charge in [-0.15, -0.1) is 0 Å². The van der Waals surface area contributed by atoms with Crippen molar-refractivity contribution in [3.8, 4) is 5.75 Å². The predicted octanol–water partition coefficient (Wildman–Crippen LogP) is 2.92. The van der Waals surface area contributed by atoms with Gasteiger partial charge >= 0.3 is 0 Å². The molecule has 1 unspecified atom stereocenters. The highest BCUT2D eigenvalue weighted by Crippen LogP contribution is 2.32. The number of hydrogen-bond donors (Lipinski definition) is 1. The first kappa shape index (κ1) is 11.1. The number of fused-ring (bicyclic) bond motifs is 1. The van der Waals surface area contributed by atoms with Crippen LogP contribution in [0.25, 0.3) is 5.57 Å². The summed E-state index contributed by atoms with van der Waals surface area (Å²) in [6.07, 6.45) is 4.19. The summed E-state index contributed by atoms with van der Waals surface area (Å²) in [6, 6.07) is 7.88. The minimum Gasteiger partial charge on any atom is -0.486 e. The summed E-state index contributed by atoms with van der Waals surface area (Å²) in [5.74, 6) is 0.881. The maximum absolute atomic E-state index is 5.86. The Morgan fingerprint density at radius 2 is 2.19 bits per heavy atom. The highest BCUT2D eigenvalue weighted by Gasteiger charge is 2.20. The first-order chi connectivity index (χ1) is 7.72. The highest BCUT2D eigenvalue weighted by atomic mass is 32.1. The zero-order chi connectivity index (χ0) is 11.5. The zero-order valence-corrected chi connectivity index (χ0v) is 10.1. The predicted molar refractivity (Wildman–Crippen MR) is 70.5 cm³/mol. The van der Waals surface area contributed by atoms with Crippen molar-refractivity contribution in [3.05, 3.63) is 35.9 Å². The molecule has 1 heterocycles. The van der Waals surface area contributed by atoms with Crippen molar-refractivity contribution in [1.82, 2.24) is 0 Å². The number of thiocarbonyl (C=S) groups is 1. The van der Waals surface area contributed by atoms with Gasteiger partial charge in [0, 0.05) is 11.1 Å². The summed E-state index contributed by atoms with van der Waals surface area (Å²) in [4.78, 5) is 0.442. The minimum absolute atomic E-state index is 0.0939. The van der Waals surface area contributed by atoms with E-state index < -0.39 is 0 Å². The molecule has 0 fully saturated rings. The second-order valence-corrected chi connectivity index (χ2v) is 4.33. The Morgan fingerprint density at radius 3 is 2.88 bits per heavy atom. The molecule has 2 rings (SSSR count). The van der Waals surface area contributed by atoms with Gasteiger partial charge in [0.2, 0.25) is 0 Å². The van der Waals surface area contributed by atoms with E-state index in [4.69, 9.17) is 22.7 Å². The number of hydrogen-bond acceptors (Lipinski definition) is 2. The maximum atomic E-state index is 5.86. The monoisotopic (exact) mass is 233 g/mol. The van der Waals surface area contributed by atoms with E-state index in [2.05, 4.69) is 6.92 Å². The molecule has 1 aliphatic heterocycles. The molecule has 0 bridgehead atoms. The molecule has 0 aromatic heterocycles. The molecule has 2 N–H and O–H groups in total. The van der Waals surface area contributed by atoms with Crippen molar-refractivity contribution in [2.45, 2.75) is 25.9 Å². The van der Waals surface area contributed by atoms with E-state index in [1.54, 1.807) is 0 Å². The largest absolute Gasteiger partial charge is 0.486 e. The first-order valence-electron chi connectivity index (χ1n) is 5.50. The highest BCUT2D eigenvalue weighted by molar-refractivity contribution is 7.81. The standard InChI is InChI=1S/C13H15NOS/c1-2-5-9-8-11(13(14)16)10-6-3-4-7-12(10)15-9/h3-4,6-9H,2,5H2,1H3,(H2,14,16). The van der Waals surface area contributed by atoms with E-state index in [-0.39, 0.29) is 6.10 Å². The third-order valence-electron chi connectivity index (χ3n) is 2.65. The van der Waals surface area contributed by atoms with E-state index in [1.807, 2.05) is 30.3 Å². The summed E-state index contributed by atoms with van der Waals surface area (Å²) in [6.45, 7) is 2.14. The van der Waals surface area contributed by atoms with Crippen LogP contribution in [0.15, 0.2) is 30.3 Å². The molecular formula is C13H15NOS. The van der Waals surface area contributed by atoms with Crippen LogP contribution in [0.2, 0.25) is 0 Å². The van der Waals surface area contributed by atoms with Crippen LogP contribution < -0.4 is 10.5 Å². The summed E-state index contributed by atoms with van der Waals surface area (Å²) in [5.41, 5.74) is 7.69. The van der Waals surface area contributed by atoms with E-state index in [1.165, 1.54) is 0 Å². The van der Waals surface area contributed by atoms with Gasteiger partial charge in [0.15, 0.2) is 0 Å². The summed E-state index contributed by atoms with van der Waals surface area (Å²) >= 11 is 5.08. The van der Waals surface area contributed by atoms with Crippen LogP contribution in [0, 0.1) is 0 Å². The Balaban J connectivity index is 2.41. The molecule has 2 nitrogen and oxygen atoms in total. The second-order valence-electron chi connectivity index (χ2n) is 3.89. The van der Waals surface area contributed by atoms with Gasteiger partial charge in [0.1, 0.15) is 16.8 Å². The van der Waals surface area contributed by atoms with Crippen LogP contribution in [-0.4, -0.2) is 11.1 Å². The normalized spacial score (nSPS) is 18.3. The van der Waals surface area contributed by atoms with Gasteiger partial charge in [-0.05, 0) is 18.6 Å². The first-order valence-corrected chi connectivity index (χ1v) is 5.91. The molecule has 3 heteroatoms. The Labute approximate surface area is 101 Å². The van der Waals surface area contributed by atoms with Crippen molar-refractivity contribution < 1.29 is 4.74 Å². The van der Waals surface area contributed by atoms with Gasteiger partial charge < -0.3 is 10.5 Å². The fraction of sp³-hybridized carbons (Fsp3) is 0.308. The molecule has 84 valence electrons. The van der Waals surface area contributed by atoms with Gasteiger partial charge in [-0.25, -0.2) is 0 Å². The summed E-state index contributed by atoms with van der Waals surface area (Å²) < 4.78 is 5.86. The lowest BCUT2D eigenvalue weighted by Gasteiger charge is -2.24. The van der Waals surface area contributed by atoms with Crippen LogP contribution in [0.3, 0.4) is 0 Å². The molecule has 0 radical (unpaired) electrons. The fourth-order valence-corrected chi connectivity index (χ4v) is 2.08. The molecule has 1 aromatic rings. The fourth-order valence-electron chi connectivity index (χ4n) is 1.91. The number of nitrogens with two attached hydrogens (primary N) is 1. The summed E-state index contributed by atoms with van der Waals surface area (Å²) in [7, 11) is 0. The number of ether oxygens (including phenoxy) is 1. The molecule has 0 aliphatic carbocycles. The molecule has 0 saturated heterocycles. The van der Waals surface area contributed by atoms with Crippen molar-refractivity contribution >= 4 is 22.8 Å². The third-order valence-corrected chi connectivity index (χ3v) is 2.87. The Hall–Kier alpha value is -1.35. The van der Waals surface area contributed by atoms with E-state index in [9.17, 15) is 0 Å². The lowest BCUT2D eigenvalue weighted by molar-refractivity contribution is 0.233. The number of benzene rings is 1. The Bertz CT molecular complexity index is 439. The lowest BCUT2D eigenvalue weighted by atomic mass is 9.98. The molecule has 0 spiro atoms. The maximum Gasteiger partial charge on any atom is 0.128 e. The molecule has 16 heavy (non-hydrogen) atoms. The van der Waals surface area contributed by atoms with Crippen molar-refractivity contribution in [2.75, 3.05) is 0 Å². The molecular weight excluding hydrogens is 218 g/mol. The summed E-state index contributed by atoms with van der Waals surface area (Å²) in [5, 5.41) is 0. The topological polar surface area (TPSA) is 35.2 Å². The molecule has 1 aromatic carbocycles. The van der Waals surface area contributed by atoms with Crippen LogP contribution in [-0.2, 0) is 0 Å². The average molecular weight is 233 g/mol. The van der Waals surface area contributed by atoms with Crippen LogP contribution in [0.1, 0.15) is 25.3 Å². The van der Waals surface area contributed by atoms with Gasteiger partial charge in [0.05, 0.1) is 0 Å². The second kappa shape index (κ2) is 4.66. The molecule has 1 atom stereocenters. The number of para-hydroxylation sites is 1. The van der Waals surface area contributed by atoms with Gasteiger partial charge in [0.25, 0.3) is 0 Å². The van der Waals surface area contributed by atoms with Crippen LogP contribution in [0.5, 0.6) is 5.75 Å². The van der Waals surface area contributed by atoms with Crippen molar-refractivity contribution in [3.63, 3.8) is 0 Å². The van der Waals surface area contributed by atoms with Crippen LogP contribution >= 0.6 is 12.2 Å². The SMILES string of the molecule is CCCC1C=C(C(N)=S)c2ccccc2O1. The van der Waals surface area contributed by atoms with E-state index >= 15 is 0 Å². The van der Waals surface area contributed by atoms with E-state index in [0.29, 0.717) is 4.99 Å². The molecule has 1 aliphatic rings.